The van der Waals surface area contributed by atoms with E-state index in [2.05, 4.69) is 46.4 Å². The highest BCUT2D eigenvalue weighted by Gasteiger charge is 2.24. The molecule has 0 bridgehead atoms. The molecule has 0 fully saturated rings. The Morgan fingerprint density at radius 2 is 1.94 bits per heavy atom. The number of nitrogens with two attached hydrogens (primary N) is 1. The molecule has 0 saturated carbocycles. The first kappa shape index (κ1) is 15.4. The van der Waals surface area contributed by atoms with Crippen LogP contribution in [0.2, 0.25) is 0 Å². The van der Waals surface area contributed by atoms with Gasteiger partial charge in [-0.25, -0.2) is 4.98 Å². The van der Waals surface area contributed by atoms with Gasteiger partial charge in [-0.15, -0.1) is 11.3 Å². The summed E-state index contributed by atoms with van der Waals surface area (Å²) < 4.78 is 0. The fourth-order valence-corrected chi connectivity index (χ4v) is 3.31. The number of nitrogens with zero attached hydrogens (tertiary/aromatic N) is 2. The Bertz CT molecular complexity index is 377. The summed E-state index contributed by atoms with van der Waals surface area (Å²) in [5.74, 6) is 0. The van der Waals surface area contributed by atoms with Crippen LogP contribution in [0.15, 0.2) is 0 Å². The van der Waals surface area contributed by atoms with Crippen molar-refractivity contribution in [1.82, 2.24) is 4.98 Å². The van der Waals surface area contributed by atoms with Gasteiger partial charge in [0.1, 0.15) is 0 Å². The van der Waals surface area contributed by atoms with Crippen molar-refractivity contribution in [3.63, 3.8) is 0 Å². The first-order valence-corrected chi connectivity index (χ1v) is 7.59. The molecule has 1 aromatic heterocycles. The zero-order valence-electron chi connectivity index (χ0n) is 12.6. The minimum atomic E-state index is 0.0678. The van der Waals surface area contributed by atoms with E-state index < -0.39 is 0 Å². The van der Waals surface area contributed by atoms with E-state index in [1.165, 1.54) is 4.88 Å². The van der Waals surface area contributed by atoms with Gasteiger partial charge in [0.15, 0.2) is 5.13 Å². The average molecular weight is 269 g/mol. The van der Waals surface area contributed by atoms with Crippen molar-refractivity contribution < 1.29 is 0 Å². The summed E-state index contributed by atoms with van der Waals surface area (Å²) in [7, 11) is 0. The largest absolute Gasteiger partial charge is 0.346 e. The van der Waals surface area contributed by atoms with Crippen LogP contribution in [-0.4, -0.2) is 17.6 Å². The molecule has 0 unspecified atom stereocenters. The van der Waals surface area contributed by atoms with Gasteiger partial charge < -0.3 is 10.6 Å². The standard InChI is InChI=1S/C14H27N3S/c1-7-8-17(10(2)3)13-16-12(14(4,5)6)11(9-15)18-13/h10H,7-9,15H2,1-6H3. The fraction of sp³-hybridized carbons (Fsp3) is 0.786. The predicted octanol–water partition coefficient (Wildman–Crippen LogP) is 3.52. The van der Waals surface area contributed by atoms with Crippen LogP contribution in [0.4, 0.5) is 5.13 Å². The summed E-state index contributed by atoms with van der Waals surface area (Å²) in [6.45, 7) is 14.9. The Labute approximate surface area is 115 Å². The molecule has 18 heavy (non-hydrogen) atoms. The highest BCUT2D eigenvalue weighted by atomic mass is 32.1. The lowest BCUT2D eigenvalue weighted by Crippen LogP contribution is -2.31. The van der Waals surface area contributed by atoms with Crippen molar-refractivity contribution in [2.45, 2.75) is 66.0 Å². The summed E-state index contributed by atoms with van der Waals surface area (Å²) in [4.78, 5) is 8.45. The lowest BCUT2D eigenvalue weighted by atomic mass is 9.91. The number of anilines is 1. The molecule has 0 aliphatic carbocycles. The van der Waals surface area contributed by atoms with Crippen LogP contribution in [0.5, 0.6) is 0 Å². The number of thiazole rings is 1. The Morgan fingerprint density at radius 1 is 1.33 bits per heavy atom. The highest BCUT2D eigenvalue weighted by molar-refractivity contribution is 7.15. The molecule has 3 nitrogen and oxygen atoms in total. The molecule has 0 saturated heterocycles. The SMILES string of the molecule is CCCN(c1nc(C(C)(C)C)c(CN)s1)C(C)C. The molecule has 0 aliphatic heterocycles. The summed E-state index contributed by atoms with van der Waals surface area (Å²) in [6, 6.07) is 0.481. The van der Waals surface area contributed by atoms with Gasteiger partial charge in [-0.2, -0.15) is 0 Å². The van der Waals surface area contributed by atoms with Crippen LogP contribution in [-0.2, 0) is 12.0 Å². The van der Waals surface area contributed by atoms with E-state index in [1.54, 1.807) is 11.3 Å². The molecule has 1 heterocycles. The van der Waals surface area contributed by atoms with Crippen molar-refractivity contribution in [3.05, 3.63) is 10.6 Å². The van der Waals surface area contributed by atoms with Crippen molar-refractivity contribution in [2.24, 2.45) is 5.73 Å². The first-order valence-electron chi connectivity index (χ1n) is 6.78. The Hall–Kier alpha value is -0.610. The zero-order chi connectivity index (χ0) is 13.9. The lowest BCUT2D eigenvalue weighted by Gasteiger charge is -2.25. The van der Waals surface area contributed by atoms with Gasteiger partial charge in [-0.3, -0.25) is 0 Å². The normalized spacial score (nSPS) is 12.2. The Morgan fingerprint density at radius 3 is 2.28 bits per heavy atom. The summed E-state index contributed by atoms with van der Waals surface area (Å²) in [5.41, 5.74) is 7.09. The maximum atomic E-state index is 5.86. The minimum Gasteiger partial charge on any atom is -0.346 e. The fourth-order valence-electron chi connectivity index (χ4n) is 2.00. The van der Waals surface area contributed by atoms with Gasteiger partial charge in [0.25, 0.3) is 0 Å². The zero-order valence-corrected chi connectivity index (χ0v) is 13.4. The van der Waals surface area contributed by atoms with E-state index >= 15 is 0 Å². The molecule has 0 amide bonds. The molecular weight excluding hydrogens is 242 g/mol. The highest BCUT2D eigenvalue weighted by Crippen LogP contribution is 2.34. The van der Waals surface area contributed by atoms with Gasteiger partial charge in [-0.05, 0) is 20.3 Å². The molecule has 4 heteroatoms. The predicted molar refractivity (Wildman–Crippen MR) is 81.5 cm³/mol. The van der Waals surface area contributed by atoms with Crippen molar-refractivity contribution >= 4 is 16.5 Å². The molecule has 0 aliphatic rings. The maximum absolute atomic E-state index is 5.86. The van der Waals surface area contributed by atoms with Crippen LogP contribution in [0.3, 0.4) is 0 Å². The van der Waals surface area contributed by atoms with Crippen molar-refractivity contribution in [1.29, 1.82) is 0 Å². The second-order valence-electron chi connectivity index (χ2n) is 6.01. The quantitative estimate of drug-likeness (QED) is 0.889. The first-order chi connectivity index (χ1) is 8.31. The third-order valence-electron chi connectivity index (χ3n) is 2.92. The molecule has 104 valence electrons. The van der Waals surface area contributed by atoms with E-state index in [0.29, 0.717) is 12.6 Å². The summed E-state index contributed by atoms with van der Waals surface area (Å²) >= 11 is 1.75. The van der Waals surface area contributed by atoms with Gasteiger partial charge in [0.2, 0.25) is 0 Å². The monoisotopic (exact) mass is 269 g/mol. The number of hydrogen-bond acceptors (Lipinski definition) is 4. The van der Waals surface area contributed by atoms with E-state index in [0.717, 1.165) is 23.8 Å². The molecule has 1 rings (SSSR count). The molecule has 2 N–H and O–H groups in total. The molecule has 0 radical (unpaired) electrons. The third kappa shape index (κ3) is 3.45. The van der Waals surface area contributed by atoms with E-state index in [1.807, 2.05) is 0 Å². The smallest absolute Gasteiger partial charge is 0.186 e. The van der Waals surface area contributed by atoms with Crippen LogP contribution >= 0.6 is 11.3 Å². The summed E-state index contributed by atoms with van der Waals surface area (Å²) in [5, 5.41) is 1.12. The summed E-state index contributed by atoms with van der Waals surface area (Å²) in [6.07, 6.45) is 1.14. The number of hydrogen-bond donors (Lipinski definition) is 1. The second-order valence-corrected chi connectivity index (χ2v) is 7.07. The van der Waals surface area contributed by atoms with Gasteiger partial charge >= 0.3 is 0 Å². The Kier molecular flexibility index (Phi) is 5.17. The minimum absolute atomic E-state index is 0.0678. The van der Waals surface area contributed by atoms with Crippen molar-refractivity contribution in [2.75, 3.05) is 11.4 Å². The third-order valence-corrected chi connectivity index (χ3v) is 4.03. The Balaban J connectivity index is 3.14. The van der Waals surface area contributed by atoms with Gasteiger partial charge in [0.05, 0.1) is 5.69 Å². The van der Waals surface area contributed by atoms with Crippen LogP contribution in [0.1, 0.15) is 58.5 Å². The molecule has 1 aromatic rings. The lowest BCUT2D eigenvalue weighted by molar-refractivity contribution is 0.564. The van der Waals surface area contributed by atoms with Gasteiger partial charge in [0, 0.05) is 29.4 Å². The number of rotatable bonds is 5. The van der Waals surface area contributed by atoms with Crippen LogP contribution < -0.4 is 10.6 Å². The topological polar surface area (TPSA) is 42.2 Å². The van der Waals surface area contributed by atoms with E-state index in [4.69, 9.17) is 10.7 Å². The number of aromatic nitrogens is 1. The molecule has 0 aromatic carbocycles. The van der Waals surface area contributed by atoms with Gasteiger partial charge in [-0.1, -0.05) is 27.7 Å². The van der Waals surface area contributed by atoms with Crippen LogP contribution in [0, 0.1) is 0 Å². The molecular formula is C14H27N3S. The second kappa shape index (κ2) is 6.02. The van der Waals surface area contributed by atoms with E-state index in [9.17, 15) is 0 Å². The van der Waals surface area contributed by atoms with Crippen LogP contribution in [0.25, 0.3) is 0 Å². The average Bonchev–Trinajstić information content (AvgIpc) is 2.68. The molecule has 0 atom stereocenters. The van der Waals surface area contributed by atoms with Crippen molar-refractivity contribution in [3.8, 4) is 0 Å². The molecule has 0 spiro atoms. The maximum Gasteiger partial charge on any atom is 0.186 e. The van der Waals surface area contributed by atoms with E-state index in [-0.39, 0.29) is 5.41 Å².